The Labute approximate surface area is 169 Å². The van der Waals surface area contributed by atoms with Crippen molar-refractivity contribution >= 4 is 23.0 Å². The van der Waals surface area contributed by atoms with E-state index < -0.39 is 35.2 Å². The minimum atomic E-state index is -1.47. The van der Waals surface area contributed by atoms with Gasteiger partial charge in [0.2, 0.25) is 0 Å². The fraction of sp³-hybridized carbons (Fsp3) is 0.579. The van der Waals surface area contributed by atoms with Gasteiger partial charge >= 0.3 is 12.1 Å². The summed E-state index contributed by atoms with van der Waals surface area (Å²) in [5.41, 5.74) is 0.924. The summed E-state index contributed by atoms with van der Waals surface area (Å²) in [7, 11) is 1.76. The molecular weight excluding hydrogens is 384 g/mol. The number of aryl methyl sites for hydroxylation is 2. The lowest BCUT2D eigenvalue weighted by Gasteiger charge is -2.28. The first kappa shape index (κ1) is 23.9. The largest absolute Gasteiger partial charge is 0.497 e. The third-order valence-electron chi connectivity index (χ3n) is 3.79. The van der Waals surface area contributed by atoms with Gasteiger partial charge in [-0.1, -0.05) is 0 Å². The summed E-state index contributed by atoms with van der Waals surface area (Å²) in [4.78, 5) is 25.1. The van der Waals surface area contributed by atoms with Crippen molar-refractivity contribution in [3.63, 3.8) is 0 Å². The quantitative estimate of drug-likeness (QED) is 0.702. The monoisotopic (exact) mass is 414 g/mol. The van der Waals surface area contributed by atoms with Crippen LogP contribution in [0.4, 0.5) is 4.79 Å². The van der Waals surface area contributed by atoms with E-state index in [1.54, 1.807) is 39.2 Å². The Hall–Kier alpha value is -2.13. The summed E-state index contributed by atoms with van der Waals surface area (Å²) < 4.78 is 25.0. The van der Waals surface area contributed by atoms with Crippen LogP contribution in [0.2, 0.25) is 0 Å². The summed E-state index contributed by atoms with van der Waals surface area (Å²) in [5.74, 6) is -0.451. The van der Waals surface area contributed by atoms with Crippen LogP contribution in [0.1, 0.15) is 31.9 Å². The molecule has 0 fully saturated rings. The first-order valence-electron chi connectivity index (χ1n) is 8.83. The van der Waals surface area contributed by atoms with E-state index in [1.165, 1.54) is 0 Å². The van der Waals surface area contributed by atoms with E-state index in [0.717, 1.165) is 16.0 Å². The van der Waals surface area contributed by atoms with Crippen molar-refractivity contribution in [1.29, 1.82) is 0 Å². The van der Waals surface area contributed by atoms with Gasteiger partial charge in [-0.3, -0.25) is 9.69 Å². The summed E-state index contributed by atoms with van der Waals surface area (Å²) in [6.45, 7) is 8.63. The predicted molar refractivity (Wildman–Crippen MR) is 107 cm³/mol. The predicted octanol–water partition coefficient (Wildman–Crippen LogP) is 2.59. The van der Waals surface area contributed by atoms with E-state index in [0.29, 0.717) is 10.6 Å². The fourth-order valence-corrected chi connectivity index (χ4v) is 3.76. The first-order chi connectivity index (χ1) is 12.9. The molecule has 158 valence electrons. The summed E-state index contributed by atoms with van der Waals surface area (Å²) in [6, 6.07) is 3.62. The molecule has 0 aromatic heterocycles. The molecule has 0 saturated carbocycles. The number of ether oxygens (including phenoxy) is 2. The number of hydrogen-bond donors (Lipinski definition) is 1. The summed E-state index contributed by atoms with van der Waals surface area (Å²) in [5, 5.41) is 9.07. The Balaban J connectivity index is 2.89. The van der Waals surface area contributed by atoms with E-state index in [-0.39, 0.29) is 13.1 Å². The van der Waals surface area contributed by atoms with Gasteiger partial charge in [0.05, 0.1) is 12.0 Å². The van der Waals surface area contributed by atoms with E-state index in [1.807, 2.05) is 26.0 Å². The van der Waals surface area contributed by atoms with Crippen LogP contribution in [0.3, 0.4) is 0 Å². The average Bonchev–Trinajstić information content (AvgIpc) is 2.55. The van der Waals surface area contributed by atoms with Crippen molar-refractivity contribution in [3.05, 3.63) is 23.3 Å². The van der Waals surface area contributed by atoms with Crippen LogP contribution in [0.25, 0.3) is 0 Å². The highest BCUT2D eigenvalue weighted by atomic mass is 32.2. The van der Waals surface area contributed by atoms with Gasteiger partial charge in [-0.25, -0.2) is 13.3 Å². The molecule has 1 aromatic rings. The lowest BCUT2D eigenvalue weighted by atomic mass is 10.1. The topological polar surface area (TPSA) is 96.4 Å². The van der Waals surface area contributed by atoms with Crippen molar-refractivity contribution in [3.8, 4) is 5.75 Å². The molecule has 0 spiro atoms. The number of carbonyl (C=O) groups is 2. The molecule has 0 aliphatic carbocycles. The standard InChI is InChI=1S/C19H30N2O6S/c1-13-10-15(26-7)11-14(2)17(13)28(25)20(6)8-9-21(12-16(22)23)18(24)27-19(3,4)5/h10-11H,8-9,12H2,1-7H3,(H,22,23). The zero-order valence-corrected chi connectivity index (χ0v) is 18.4. The van der Waals surface area contributed by atoms with Gasteiger partial charge in [-0.15, -0.1) is 0 Å². The molecule has 0 bridgehead atoms. The van der Waals surface area contributed by atoms with Crippen molar-refractivity contribution in [2.45, 2.75) is 45.1 Å². The van der Waals surface area contributed by atoms with Gasteiger partial charge in [0, 0.05) is 20.1 Å². The molecule has 1 N–H and O–H groups in total. The fourth-order valence-electron chi connectivity index (χ4n) is 2.53. The highest BCUT2D eigenvalue weighted by Gasteiger charge is 2.25. The third-order valence-corrected chi connectivity index (χ3v) is 5.53. The smallest absolute Gasteiger partial charge is 0.410 e. The minimum absolute atomic E-state index is 0.0672. The first-order valence-corrected chi connectivity index (χ1v) is 9.94. The van der Waals surface area contributed by atoms with Crippen LogP contribution < -0.4 is 4.74 Å². The number of rotatable bonds is 8. The number of nitrogens with zero attached hydrogens (tertiary/aromatic N) is 2. The maximum absolute atomic E-state index is 13.0. The zero-order valence-electron chi connectivity index (χ0n) is 17.6. The number of methoxy groups -OCH3 is 1. The van der Waals surface area contributed by atoms with Crippen LogP contribution in [0.15, 0.2) is 17.0 Å². The second kappa shape index (κ2) is 9.88. The summed E-state index contributed by atoms with van der Waals surface area (Å²) >= 11 is 0. The van der Waals surface area contributed by atoms with Crippen LogP contribution in [0, 0.1) is 13.8 Å². The Morgan fingerprint density at radius 2 is 1.68 bits per heavy atom. The number of hydrogen-bond acceptors (Lipinski definition) is 5. The average molecular weight is 415 g/mol. The maximum atomic E-state index is 13.0. The van der Waals surface area contributed by atoms with E-state index >= 15 is 0 Å². The molecule has 1 amide bonds. The Bertz CT molecular complexity index is 721. The van der Waals surface area contributed by atoms with Crippen LogP contribution in [-0.4, -0.2) is 70.0 Å². The second-order valence-corrected chi connectivity index (χ2v) is 9.02. The lowest BCUT2D eigenvalue weighted by molar-refractivity contribution is -0.138. The van der Waals surface area contributed by atoms with E-state index in [9.17, 15) is 13.8 Å². The molecular formula is C19H30N2O6S. The highest BCUT2D eigenvalue weighted by Crippen LogP contribution is 2.25. The van der Waals surface area contributed by atoms with Crippen molar-refractivity contribution < 1.29 is 28.4 Å². The van der Waals surface area contributed by atoms with Crippen molar-refractivity contribution in [1.82, 2.24) is 9.21 Å². The molecule has 8 nitrogen and oxygen atoms in total. The van der Waals surface area contributed by atoms with Gasteiger partial charge in [-0.2, -0.15) is 0 Å². The molecule has 9 heteroatoms. The molecule has 28 heavy (non-hydrogen) atoms. The van der Waals surface area contributed by atoms with E-state index in [2.05, 4.69) is 0 Å². The number of likely N-dealkylation sites (N-methyl/N-ethyl adjacent to an activating group) is 1. The minimum Gasteiger partial charge on any atom is -0.497 e. The molecule has 0 aliphatic heterocycles. The van der Waals surface area contributed by atoms with Crippen LogP contribution in [-0.2, 0) is 20.5 Å². The highest BCUT2D eigenvalue weighted by molar-refractivity contribution is 7.82. The Kier molecular flexibility index (Phi) is 8.44. The number of carboxylic acids is 1. The third kappa shape index (κ3) is 7.12. The number of aliphatic carboxylic acids is 1. The van der Waals surface area contributed by atoms with Gasteiger partial charge in [0.25, 0.3) is 0 Å². The Morgan fingerprint density at radius 1 is 1.14 bits per heavy atom. The van der Waals surface area contributed by atoms with Gasteiger partial charge in [0.1, 0.15) is 28.9 Å². The molecule has 0 aliphatic rings. The molecule has 1 aromatic carbocycles. The SMILES string of the molecule is COc1cc(C)c(S(=O)N(C)CCN(CC(=O)O)C(=O)OC(C)(C)C)c(C)c1. The summed E-state index contributed by atoms with van der Waals surface area (Å²) in [6.07, 6.45) is -0.717. The molecule has 1 rings (SSSR count). The van der Waals surface area contributed by atoms with Gasteiger partial charge in [-0.05, 0) is 57.9 Å². The normalized spacial score (nSPS) is 12.6. The lowest BCUT2D eigenvalue weighted by Crippen LogP contribution is -2.43. The van der Waals surface area contributed by atoms with E-state index in [4.69, 9.17) is 14.6 Å². The zero-order chi connectivity index (χ0) is 21.6. The molecule has 0 saturated heterocycles. The molecule has 1 unspecified atom stereocenters. The van der Waals surface area contributed by atoms with Crippen molar-refractivity contribution in [2.75, 3.05) is 33.8 Å². The number of carboxylic acid groups (broad SMARTS) is 1. The Morgan fingerprint density at radius 3 is 2.11 bits per heavy atom. The maximum Gasteiger partial charge on any atom is 0.410 e. The number of amides is 1. The molecule has 0 heterocycles. The van der Waals surface area contributed by atoms with Crippen LogP contribution in [0.5, 0.6) is 5.75 Å². The van der Waals surface area contributed by atoms with Gasteiger partial charge in [0.15, 0.2) is 0 Å². The second-order valence-electron chi connectivity index (χ2n) is 7.49. The number of benzene rings is 1. The number of carbonyl (C=O) groups excluding carboxylic acids is 1. The van der Waals surface area contributed by atoms with Crippen molar-refractivity contribution in [2.24, 2.45) is 0 Å². The van der Waals surface area contributed by atoms with Crippen LogP contribution >= 0.6 is 0 Å². The van der Waals surface area contributed by atoms with Gasteiger partial charge < -0.3 is 14.6 Å². The molecule has 1 atom stereocenters. The molecule has 0 radical (unpaired) electrons.